The molecule has 158 valence electrons. The lowest BCUT2D eigenvalue weighted by Gasteiger charge is -2.41. The standard InChI is InChI=1S/C14H27NO7.C2H6.CH4O/c1-7(5-16)9(4-3-8(2)15)21-14-13(20)12(19)11(18)10(6-17)22-14;2*1-2/h7,9-14,16-20H,2-6,15H2,1H3;1-2H3;2H,1H3. The van der Waals surface area contributed by atoms with Gasteiger partial charge in [0.15, 0.2) is 6.29 Å². The van der Waals surface area contributed by atoms with E-state index in [4.69, 9.17) is 25.4 Å². The first-order chi connectivity index (χ1) is 12.3. The molecule has 0 aromatic rings. The van der Waals surface area contributed by atoms with Gasteiger partial charge in [-0.1, -0.05) is 27.4 Å². The van der Waals surface area contributed by atoms with Gasteiger partial charge in [-0.05, 0) is 12.8 Å². The summed E-state index contributed by atoms with van der Waals surface area (Å²) in [6.07, 6.45) is -6.22. The summed E-state index contributed by atoms with van der Waals surface area (Å²) in [5.74, 6) is -0.258. The van der Waals surface area contributed by atoms with E-state index in [1.165, 1.54) is 0 Å². The number of rotatable bonds is 8. The van der Waals surface area contributed by atoms with Crippen molar-refractivity contribution in [2.24, 2.45) is 11.7 Å². The minimum absolute atomic E-state index is 0.140. The summed E-state index contributed by atoms with van der Waals surface area (Å²) < 4.78 is 10.9. The van der Waals surface area contributed by atoms with E-state index in [2.05, 4.69) is 6.58 Å². The van der Waals surface area contributed by atoms with Gasteiger partial charge in [-0.3, -0.25) is 0 Å². The summed E-state index contributed by atoms with van der Waals surface area (Å²) in [4.78, 5) is 0. The number of ether oxygens (including phenoxy) is 2. The first-order valence-electron chi connectivity index (χ1n) is 8.76. The van der Waals surface area contributed by atoms with E-state index < -0.39 is 43.4 Å². The van der Waals surface area contributed by atoms with Crippen LogP contribution in [0.15, 0.2) is 12.3 Å². The molecule has 1 heterocycles. The zero-order valence-corrected chi connectivity index (χ0v) is 16.2. The summed E-state index contributed by atoms with van der Waals surface area (Å²) in [6, 6.07) is 0. The second-order valence-electron chi connectivity index (χ2n) is 5.73. The number of aliphatic hydroxyl groups is 6. The van der Waals surface area contributed by atoms with E-state index in [-0.39, 0.29) is 12.5 Å². The van der Waals surface area contributed by atoms with Crippen molar-refractivity contribution < 1.29 is 40.1 Å². The van der Waals surface area contributed by atoms with E-state index >= 15 is 0 Å². The zero-order valence-electron chi connectivity index (χ0n) is 16.2. The Morgan fingerprint density at radius 1 is 1.12 bits per heavy atom. The Morgan fingerprint density at radius 3 is 2.08 bits per heavy atom. The molecule has 0 aromatic carbocycles. The molecular formula is C17H37NO8. The summed E-state index contributed by atoms with van der Waals surface area (Å²) in [6.45, 7) is 8.69. The fraction of sp³-hybridized carbons (Fsp3) is 0.882. The largest absolute Gasteiger partial charge is 0.403 e. The van der Waals surface area contributed by atoms with Crippen molar-refractivity contribution in [2.75, 3.05) is 20.3 Å². The van der Waals surface area contributed by atoms with Gasteiger partial charge in [-0.2, -0.15) is 0 Å². The van der Waals surface area contributed by atoms with Crippen LogP contribution in [0.4, 0.5) is 0 Å². The van der Waals surface area contributed by atoms with Crippen molar-refractivity contribution in [1.29, 1.82) is 0 Å². The Hall–Kier alpha value is -0.780. The smallest absolute Gasteiger partial charge is 0.186 e. The molecule has 0 aliphatic carbocycles. The molecule has 1 aliphatic heterocycles. The van der Waals surface area contributed by atoms with Crippen molar-refractivity contribution in [1.82, 2.24) is 0 Å². The Bertz CT molecular complexity index is 356. The van der Waals surface area contributed by atoms with Gasteiger partial charge in [-0.15, -0.1) is 0 Å². The third-order valence-corrected chi connectivity index (χ3v) is 3.83. The number of allylic oxidation sites excluding steroid dienone is 1. The van der Waals surface area contributed by atoms with Crippen LogP contribution in [-0.2, 0) is 9.47 Å². The van der Waals surface area contributed by atoms with Crippen LogP contribution in [0.25, 0.3) is 0 Å². The molecule has 7 unspecified atom stereocenters. The molecule has 0 saturated carbocycles. The average Bonchev–Trinajstić information content (AvgIpc) is 2.67. The summed E-state index contributed by atoms with van der Waals surface area (Å²) in [7, 11) is 1.00. The SMILES string of the molecule is C=C(N)CCC(OC1OC(CO)C(O)C(O)C1O)C(C)CO.CC.CO. The summed E-state index contributed by atoms with van der Waals surface area (Å²) in [5, 5.41) is 54.9. The van der Waals surface area contributed by atoms with Crippen LogP contribution in [-0.4, -0.2) is 87.8 Å². The second kappa shape index (κ2) is 15.3. The Balaban J connectivity index is 0. The van der Waals surface area contributed by atoms with E-state index in [9.17, 15) is 20.4 Å². The molecule has 0 radical (unpaired) electrons. The van der Waals surface area contributed by atoms with Crippen molar-refractivity contribution in [2.45, 2.75) is 70.4 Å². The van der Waals surface area contributed by atoms with Crippen LogP contribution in [0, 0.1) is 5.92 Å². The monoisotopic (exact) mass is 383 g/mol. The van der Waals surface area contributed by atoms with E-state index in [1.807, 2.05) is 13.8 Å². The van der Waals surface area contributed by atoms with Crippen molar-refractivity contribution in [3.8, 4) is 0 Å². The third-order valence-electron chi connectivity index (χ3n) is 3.83. The lowest BCUT2D eigenvalue weighted by molar-refractivity contribution is -0.315. The van der Waals surface area contributed by atoms with Crippen LogP contribution in [0.1, 0.15) is 33.6 Å². The van der Waals surface area contributed by atoms with Gasteiger partial charge in [0.25, 0.3) is 0 Å². The number of hydrogen-bond donors (Lipinski definition) is 7. The number of hydrogen-bond acceptors (Lipinski definition) is 9. The molecule has 0 spiro atoms. The fourth-order valence-corrected chi connectivity index (χ4v) is 2.28. The molecule has 8 N–H and O–H groups in total. The normalized spacial score (nSPS) is 30.2. The number of nitrogens with two attached hydrogens (primary N) is 1. The molecule has 0 bridgehead atoms. The van der Waals surface area contributed by atoms with Gasteiger partial charge >= 0.3 is 0 Å². The Labute approximate surface area is 155 Å². The lowest BCUT2D eigenvalue weighted by Crippen LogP contribution is -2.60. The van der Waals surface area contributed by atoms with Gasteiger partial charge in [0, 0.05) is 25.3 Å². The molecule has 7 atom stereocenters. The van der Waals surface area contributed by atoms with Crippen LogP contribution in [0.2, 0.25) is 0 Å². The van der Waals surface area contributed by atoms with Gasteiger partial charge in [0.2, 0.25) is 0 Å². The van der Waals surface area contributed by atoms with Gasteiger partial charge in [0.05, 0.1) is 12.7 Å². The van der Waals surface area contributed by atoms with Crippen LogP contribution < -0.4 is 5.73 Å². The maximum Gasteiger partial charge on any atom is 0.186 e. The zero-order chi connectivity index (χ0) is 20.9. The Morgan fingerprint density at radius 2 is 1.65 bits per heavy atom. The van der Waals surface area contributed by atoms with Crippen LogP contribution >= 0.6 is 0 Å². The highest BCUT2D eigenvalue weighted by Crippen LogP contribution is 2.26. The minimum atomic E-state index is -1.49. The van der Waals surface area contributed by atoms with E-state index in [0.717, 1.165) is 7.11 Å². The molecule has 9 heteroatoms. The molecule has 1 aliphatic rings. The van der Waals surface area contributed by atoms with Crippen molar-refractivity contribution in [3.05, 3.63) is 12.3 Å². The molecule has 0 amide bonds. The Kier molecular flexibility index (Phi) is 16.1. The van der Waals surface area contributed by atoms with Crippen LogP contribution in [0.5, 0.6) is 0 Å². The summed E-state index contributed by atoms with van der Waals surface area (Å²) in [5.41, 5.74) is 5.99. The highest BCUT2D eigenvalue weighted by Gasteiger charge is 2.45. The first kappa shape index (κ1) is 27.4. The molecule has 1 saturated heterocycles. The van der Waals surface area contributed by atoms with Crippen LogP contribution in [0.3, 0.4) is 0 Å². The molecule has 9 nitrogen and oxygen atoms in total. The predicted molar refractivity (Wildman–Crippen MR) is 96.9 cm³/mol. The van der Waals surface area contributed by atoms with E-state index in [1.54, 1.807) is 6.92 Å². The average molecular weight is 383 g/mol. The second-order valence-corrected chi connectivity index (χ2v) is 5.73. The molecular weight excluding hydrogens is 346 g/mol. The molecule has 1 fully saturated rings. The maximum atomic E-state index is 9.96. The summed E-state index contributed by atoms with van der Waals surface area (Å²) >= 11 is 0. The molecule has 0 aromatic heterocycles. The van der Waals surface area contributed by atoms with Crippen molar-refractivity contribution >= 4 is 0 Å². The topological polar surface area (TPSA) is 166 Å². The van der Waals surface area contributed by atoms with Gasteiger partial charge in [0.1, 0.15) is 24.4 Å². The predicted octanol–water partition coefficient (Wildman–Crippen LogP) is -1.31. The quantitative estimate of drug-likeness (QED) is 0.269. The lowest BCUT2D eigenvalue weighted by atomic mass is 9.97. The third kappa shape index (κ3) is 8.74. The van der Waals surface area contributed by atoms with Gasteiger partial charge in [-0.25, -0.2) is 0 Å². The van der Waals surface area contributed by atoms with Gasteiger partial charge < -0.3 is 45.8 Å². The molecule has 1 rings (SSSR count). The highest BCUT2D eigenvalue weighted by atomic mass is 16.7. The first-order valence-corrected chi connectivity index (χ1v) is 8.76. The number of aliphatic hydroxyl groups excluding tert-OH is 6. The van der Waals surface area contributed by atoms with E-state index in [0.29, 0.717) is 18.5 Å². The fourth-order valence-electron chi connectivity index (χ4n) is 2.28. The highest BCUT2D eigenvalue weighted by molar-refractivity contribution is 4.91. The molecule has 26 heavy (non-hydrogen) atoms. The van der Waals surface area contributed by atoms with Crippen molar-refractivity contribution in [3.63, 3.8) is 0 Å². The maximum absolute atomic E-state index is 9.96. The minimum Gasteiger partial charge on any atom is -0.403 e.